The number of amides is 2. The van der Waals surface area contributed by atoms with E-state index in [1.54, 1.807) is 4.90 Å². The quantitative estimate of drug-likeness (QED) is 0.744. The highest BCUT2D eigenvalue weighted by atomic mass is 16.2. The highest BCUT2D eigenvalue weighted by Gasteiger charge is 2.32. The molecule has 2 heterocycles. The van der Waals surface area contributed by atoms with Crippen molar-refractivity contribution in [3.63, 3.8) is 0 Å². The Kier molecular flexibility index (Phi) is 4.44. The Hall–Kier alpha value is -3.08. The minimum absolute atomic E-state index is 0.00851. The van der Waals surface area contributed by atoms with Gasteiger partial charge in [0.15, 0.2) is 0 Å². The number of carbonyl (C=O) groups is 2. The average molecular weight is 347 g/mol. The lowest BCUT2D eigenvalue weighted by atomic mass is 10.0. The van der Waals surface area contributed by atoms with Gasteiger partial charge in [-0.2, -0.15) is 0 Å². The van der Waals surface area contributed by atoms with Crippen LogP contribution in [0.1, 0.15) is 11.1 Å². The first-order valence-electron chi connectivity index (χ1n) is 8.88. The molecule has 1 aromatic heterocycles. The van der Waals surface area contributed by atoms with Crippen molar-refractivity contribution in [2.45, 2.75) is 18.9 Å². The molecule has 1 fully saturated rings. The maximum atomic E-state index is 12.9. The maximum absolute atomic E-state index is 12.9. The Labute approximate surface area is 152 Å². The second-order valence-corrected chi connectivity index (χ2v) is 6.68. The number of carbonyl (C=O) groups excluding carboxylic acids is 2. The molecule has 0 saturated carbocycles. The molecule has 0 spiro atoms. The number of para-hydroxylation sites is 1. The topological polar surface area (TPSA) is 65.2 Å². The van der Waals surface area contributed by atoms with E-state index in [1.807, 2.05) is 60.8 Å². The molecule has 5 nitrogen and oxygen atoms in total. The average Bonchev–Trinajstić information content (AvgIpc) is 3.07. The predicted octanol–water partition coefficient (Wildman–Crippen LogP) is 2.28. The largest absolute Gasteiger partial charge is 0.361 e. The van der Waals surface area contributed by atoms with E-state index in [0.29, 0.717) is 13.0 Å². The lowest BCUT2D eigenvalue weighted by Crippen LogP contribution is -2.59. The lowest BCUT2D eigenvalue weighted by Gasteiger charge is -2.32. The molecule has 2 aromatic carbocycles. The molecule has 3 aromatic rings. The van der Waals surface area contributed by atoms with Gasteiger partial charge in [0, 0.05) is 30.1 Å². The highest BCUT2D eigenvalue weighted by Crippen LogP contribution is 2.20. The summed E-state index contributed by atoms with van der Waals surface area (Å²) in [4.78, 5) is 29.9. The summed E-state index contributed by atoms with van der Waals surface area (Å²) in [6.45, 7) is 0.691. The number of aromatic amines is 1. The number of nitrogens with zero attached hydrogens (tertiary/aromatic N) is 1. The van der Waals surface area contributed by atoms with Gasteiger partial charge in [-0.1, -0.05) is 48.5 Å². The fourth-order valence-corrected chi connectivity index (χ4v) is 3.53. The van der Waals surface area contributed by atoms with Gasteiger partial charge in [-0.15, -0.1) is 0 Å². The summed E-state index contributed by atoms with van der Waals surface area (Å²) in [5.74, 6) is -0.103. The van der Waals surface area contributed by atoms with Crippen molar-refractivity contribution in [2.24, 2.45) is 0 Å². The smallest absolute Gasteiger partial charge is 0.245 e. The number of hydrogen-bond acceptors (Lipinski definition) is 2. The molecule has 1 aliphatic heterocycles. The van der Waals surface area contributed by atoms with Crippen LogP contribution in [0, 0.1) is 0 Å². The summed E-state index contributed by atoms with van der Waals surface area (Å²) in [5.41, 5.74) is 3.25. The van der Waals surface area contributed by atoms with Crippen LogP contribution in [0.3, 0.4) is 0 Å². The van der Waals surface area contributed by atoms with Crippen LogP contribution in [-0.2, 0) is 22.4 Å². The first-order chi connectivity index (χ1) is 12.7. The van der Waals surface area contributed by atoms with E-state index in [-0.39, 0.29) is 18.4 Å². The van der Waals surface area contributed by atoms with Crippen LogP contribution < -0.4 is 5.32 Å². The molecule has 5 heteroatoms. The van der Waals surface area contributed by atoms with Gasteiger partial charge in [-0.3, -0.25) is 9.59 Å². The summed E-state index contributed by atoms with van der Waals surface area (Å²) in [7, 11) is 0. The second kappa shape index (κ2) is 7.04. The van der Waals surface area contributed by atoms with E-state index < -0.39 is 6.04 Å². The van der Waals surface area contributed by atoms with E-state index in [0.717, 1.165) is 22.9 Å². The van der Waals surface area contributed by atoms with Gasteiger partial charge < -0.3 is 15.2 Å². The summed E-state index contributed by atoms with van der Waals surface area (Å²) < 4.78 is 0. The highest BCUT2D eigenvalue weighted by molar-refractivity contribution is 5.95. The summed E-state index contributed by atoms with van der Waals surface area (Å²) in [6.07, 6.45) is 3.17. The molecule has 2 amide bonds. The van der Waals surface area contributed by atoms with Gasteiger partial charge in [0.2, 0.25) is 11.8 Å². The van der Waals surface area contributed by atoms with Crippen molar-refractivity contribution in [2.75, 3.05) is 13.1 Å². The number of rotatable bonds is 5. The van der Waals surface area contributed by atoms with Gasteiger partial charge in [-0.05, 0) is 23.6 Å². The first kappa shape index (κ1) is 16.4. The molecule has 0 aliphatic carbocycles. The van der Waals surface area contributed by atoms with Crippen LogP contribution in [0.2, 0.25) is 0 Å². The third-order valence-electron chi connectivity index (χ3n) is 4.89. The van der Waals surface area contributed by atoms with E-state index in [9.17, 15) is 9.59 Å². The van der Waals surface area contributed by atoms with Crippen molar-refractivity contribution in [1.82, 2.24) is 15.2 Å². The SMILES string of the molecule is O=C1CN(CCc2ccccc2)C(=O)C(Cc2c[nH]c3ccccc23)N1. The zero-order valence-corrected chi connectivity index (χ0v) is 14.4. The third kappa shape index (κ3) is 3.33. The zero-order valence-electron chi connectivity index (χ0n) is 14.4. The molecule has 0 bridgehead atoms. The molecule has 1 aliphatic rings. The van der Waals surface area contributed by atoms with Crippen molar-refractivity contribution < 1.29 is 9.59 Å². The number of hydrogen-bond donors (Lipinski definition) is 2. The second-order valence-electron chi connectivity index (χ2n) is 6.68. The van der Waals surface area contributed by atoms with Crippen molar-refractivity contribution in [1.29, 1.82) is 0 Å². The van der Waals surface area contributed by atoms with E-state index >= 15 is 0 Å². The van der Waals surface area contributed by atoms with Gasteiger partial charge in [0.05, 0.1) is 6.54 Å². The Morgan fingerprint density at radius 2 is 1.77 bits per heavy atom. The number of piperazine rings is 1. The number of aromatic nitrogens is 1. The van der Waals surface area contributed by atoms with Crippen LogP contribution >= 0.6 is 0 Å². The molecule has 1 saturated heterocycles. The maximum Gasteiger partial charge on any atom is 0.245 e. The zero-order chi connectivity index (χ0) is 17.9. The summed E-state index contributed by atoms with van der Waals surface area (Å²) in [6, 6.07) is 17.5. The van der Waals surface area contributed by atoms with Crippen LogP contribution in [0.25, 0.3) is 10.9 Å². The summed E-state index contributed by atoms with van der Waals surface area (Å²) in [5, 5.41) is 3.95. The molecular formula is C21H21N3O2. The van der Waals surface area contributed by atoms with Crippen LogP contribution in [0.5, 0.6) is 0 Å². The van der Waals surface area contributed by atoms with Gasteiger partial charge in [0.25, 0.3) is 0 Å². The van der Waals surface area contributed by atoms with Crippen molar-refractivity contribution in [3.8, 4) is 0 Å². The molecule has 1 atom stereocenters. The third-order valence-corrected chi connectivity index (χ3v) is 4.89. The number of nitrogens with one attached hydrogen (secondary N) is 2. The van der Waals surface area contributed by atoms with E-state index in [1.165, 1.54) is 5.56 Å². The van der Waals surface area contributed by atoms with E-state index in [4.69, 9.17) is 0 Å². The Morgan fingerprint density at radius 1 is 1.00 bits per heavy atom. The van der Waals surface area contributed by atoms with Crippen molar-refractivity contribution in [3.05, 3.63) is 71.9 Å². The normalized spacial score (nSPS) is 17.5. The Bertz CT molecular complexity index is 933. The first-order valence-corrected chi connectivity index (χ1v) is 8.88. The Morgan fingerprint density at radius 3 is 2.62 bits per heavy atom. The lowest BCUT2D eigenvalue weighted by molar-refractivity contribution is -0.144. The fraction of sp³-hybridized carbons (Fsp3) is 0.238. The van der Waals surface area contributed by atoms with Crippen LogP contribution in [0.4, 0.5) is 0 Å². The predicted molar refractivity (Wildman–Crippen MR) is 101 cm³/mol. The van der Waals surface area contributed by atoms with Crippen LogP contribution in [0.15, 0.2) is 60.8 Å². The standard InChI is InChI=1S/C21H21N3O2/c25-20-14-24(11-10-15-6-2-1-3-7-15)21(26)19(23-20)12-16-13-22-18-9-5-4-8-17(16)18/h1-9,13,19,22H,10-12,14H2,(H,23,25). The minimum atomic E-state index is -0.508. The molecular weight excluding hydrogens is 326 g/mol. The fourth-order valence-electron chi connectivity index (χ4n) is 3.53. The minimum Gasteiger partial charge on any atom is -0.361 e. The number of benzene rings is 2. The van der Waals surface area contributed by atoms with E-state index in [2.05, 4.69) is 10.3 Å². The Balaban J connectivity index is 1.47. The molecule has 26 heavy (non-hydrogen) atoms. The molecule has 132 valence electrons. The molecule has 1 unspecified atom stereocenters. The monoisotopic (exact) mass is 347 g/mol. The molecule has 2 N–H and O–H groups in total. The van der Waals surface area contributed by atoms with Crippen LogP contribution in [-0.4, -0.2) is 40.8 Å². The molecule has 0 radical (unpaired) electrons. The number of H-pyrrole nitrogens is 1. The molecule has 4 rings (SSSR count). The van der Waals surface area contributed by atoms with Gasteiger partial charge in [-0.25, -0.2) is 0 Å². The van der Waals surface area contributed by atoms with Gasteiger partial charge in [0.1, 0.15) is 6.04 Å². The summed E-state index contributed by atoms with van der Waals surface area (Å²) >= 11 is 0. The van der Waals surface area contributed by atoms with Crippen molar-refractivity contribution >= 4 is 22.7 Å². The number of fused-ring (bicyclic) bond motifs is 1. The van der Waals surface area contributed by atoms with Gasteiger partial charge >= 0.3 is 0 Å².